The maximum atomic E-state index is 14.1. The monoisotopic (exact) mass is 609 g/mol. The van der Waals surface area contributed by atoms with E-state index in [0.29, 0.717) is 55.2 Å². The van der Waals surface area contributed by atoms with Crippen LogP contribution < -0.4 is 10.6 Å². The van der Waals surface area contributed by atoms with Crippen molar-refractivity contribution in [3.05, 3.63) is 45.9 Å². The quantitative estimate of drug-likeness (QED) is 0.356. The van der Waals surface area contributed by atoms with Crippen LogP contribution in [0.1, 0.15) is 63.1 Å². The minimum absolute atomic E-state index is 0.00966. The van der Waals surface area contributed by atoms with E-state index < -0.39 is 35.3 Å². The number of benzene rings is 1. The largest absolute Gasteiger partial charge is 0.416 e. The first-order chi connectivity index (χ1) is 20.4. The van der Waals surface area contributed by atoms with Crippen LogP contribution in [0.2, 0.25) is 0 Å². The van der Waals surface area contributed by atoms with Crippen molar-refractivity contribution in [3.8, 4) is 0 Å². The van der Waals surface area contributed by atoms with E-state index in [-0.39, 0.29) is 31.0 Å². The van der Waals surface area contributed by atoms with Crippen LogP contribution in [0.25, 0.3) is 11.2 Å². The first-order valence-electron chi connectivity index (χ1n) is 14.9. The molecule has 1 aromatic carbocycles. The van der Waals surface area contributed by atoms with E-state index in [9.17, 15) is 26.7 Å². The van der Waals surface area contributed by atoms with E-state index in [1.807, 2.05) is 18.7 Å². The molecule has 43 heavy (non-hydrogen) atoms. The van der Waals surface area contributed by atoms with Crippen LogP contribution in [0.5, 0.6) is 0 Å². The summed E-state index contributed by atoms with van der Waals surface area (Å²) in [6.07, 6.45) is -2.59. The van der Waals surface area contributed by atoms with Crippen LogP contribution in [0, 0.1) is 5.92 Å². The van der Waals surface area contributed by atoms with Gasteiger partial charge in [-0.1, -0.05) is 24.3 Å². The molecule has 9 nitrogen and oxygen atoms in total. The molecule has 2 saturated heterocycles. The summed E-state index contributed by atoms with van der Waals surface area (Å²) in [5, 5.41) is 8.77. The molecule has 1 aliphatic carbocycles. The maximum absolute atomic E-state index is 14.1. The van der Waals surface area contributed by atoms with Crippen LogP contribution in [-0.4, -0.2) is 73.3 Å². The van der Waals surface area contributed by atoms with Crippen molar-refractivity contribution in [2.75, 3.05) is 24.6 Å². The summed E-state index contributed by atoms with van der Waals surface area (Å²) >= 11 is 0. The molecule has 3 aromatic rings. The van der Waals surface area contributed by atoms with Gasteiger partial charge in [0.1, 0.15) is 0 Å². The number of hydrogen-bond donors (Lipinski definition) is 0. The number of aryl methyl sites for hydroxylation is 1. The Bertz CT molecular complexity index is 1510. The topological polar surface area (TPSA) is 81.3 Å². The molecule has 6 rings (SSSR count). The molecule has 0 N–H and O–H groups in total. The smallest absolute Gasteiger partial charge is 0.376 e. The Labute approximate surface area is 245 Å². The third-order valence-corrected chi connectivity index (χ3v) is 9.26. The van der Waals surface area contributed by atoms with Gasteiger partial charge in [0.2, 0.25) is 5.92 Å². The second kappa shape index (κ2) is 11.1. The Kier molecular flexibility index (Phi) is 7.72. The van der Waals surface area contributed by atoms with Crippen molar-refractivity contribution in [1.82, 2.24) is 29.4 Å². The molecule has 2 aliphatic heterocycles. The van der Waals surface area contributed by atoms with E-state index in [1.165, 1.54) is 16.7 Å². The highest BCUT2D eigenvalue weighted by Gasteiger charge is 2.52. The van der Waals surface area contributed by atoms with E-state index >= 15 is 0 Å². The number of hydrogen-bond acceptors (Lipinski definition) is 7. The maximum Gasteiger partial charge on any atom is 0.416 e. The lowest BCUT2D eigenvalue weighted by atomic mass is 9.72. The summed E-state index contributed by atoms with van der Waals surface area (Å²) in [7, 11) is 1.63. The predicted octanol–water partition coefficient (Wildman–Crippen LogP) is 4.80. The zero-order valence-corrected chi connectivity index (χ0v) is 24.4. The lowest BCUT2D eigenvalue weighted by Crippen LogP contribution is -2.60. The van der Waals surface area contributed by atoms with Crippen molar-refractivity contribution < 1.29 is 26.7 Å². The number of alkyl halides is 5. The number of aromatic nitrogens is 5. The first kappa shape index (κ1) is 29.9. The fourth-order valence-electron chi connectivity index (χ4n) is 7.00. The molecule has 2 aromatic heterocycles. The van der Waals surface area contributed by atoms with Gasteiger partial charge in [0.25, 0.3) is 0 Å². The molecular weight excluding hydrogens is 573 g/mol. The second-order valence-electron chi connectivity index (χ2n) is 12.2. The number of ether oxygens (including phenoxy) is 1. The van der Waals surface area contributed by atoms with Gasteiger partial charge in [0, 0.05) is 57.7 Å². The second-order valence-corrected chi connectivity index (χ2v) is 12.2. The number of nitrogens with zero attached hydrogens (tertiary/aromatic N) is 7. The number of anilines is 1. The molecule has 1 saturated carbocycles. The zero-order chi connectivity index (χ0) is 30.7. The molecule has 3 fully saturated rings. The SMILES string of the molecule is CC[C@@H]1CN(c2nc(=O)n(C)c3c2nnn3C[C@H]2CCCO2)[C@@H](C)CN1C(c1ccc(C(F)(F)F)cc1)C1CC(F)(F)C1. The van der Waals surface area contributed by atoms with E-state index in [0.717, 1.165) is 25.0 Å². The summed E-state index contributed by atoms with van der Waals surface area (Å²) in [6, 6.07) is 4.09. The molecule has 4 heterocycles. The van der Waals surface area contributed by atoms with Crippen LogP contribution in [0.15, 0.2) is 29.1 Å². The summed E-state index contributed by atoms with van der Waals surface area (Å²) in [5.74, 6) is -2.76. The molecule has 1 unspecified atom stereocenters. The minimum Gasteiger partial charge on any atom is -0.376 e. The van der Waals surface area contributed by atoms with Gasteiger partial charge in [-0.3, -0.25) is 9.47 Å². The molecular formula is C29H36F5N7O2. The number of halogens is 5. The van der Waals surface area contributed by atoms with Gasteiger partial charge in [-0.2, -0.15) is 18.2 Å². The number of fused-ring (bicyclic) bond motifs is 1. The predicted molar refractivity (Wildman–Crippen MR) is 149 cm³/mol. The van der Waals surface area contributed by atoms with Crippen molar-refractivity contribution >= 4 is 17.0 Å². The molecule has 4 atom stereocenters. The Hall–Kier alpha value is -3.13. The molecule has 14 heteroatoms. The summed E-state index contributed by atoms with van der Waals surface area (Å²) in [6.45, 7) is 6.00. The standard InChI is InChI=1S/C29H36F5N7O2/c1-4-21-15-39(25-23-26(38(3)27(42)35-25)41(37-36-23)16-22-6-5-11-43-22)17(2)14-40(21)24(19-12-28(30,31)13-19)18-7-9-20(10-8-18)29(32,33)34/h7-10,17,19,21-22,24H,4-6,11-16H2,1-3H3/t17-,21+,22+,24?/m0/s1. The van der Waals surface area contributed by atoms with Crippen LogP contribution >= 0.6 is 0 Å². The zero-order valence-electron chi connectivity index (χ0n) is 24.4. The van der Waals surface area contributed by atoms with Gasteiger partial charge in [0.05, 0.1) is 18.2 Å². The lowest BCUT2D eigenvalue weighted by Gasteiger charge is -2.53. The Morgan fingerprint density at radius 3 is 2.47 bits per heavy atom. The van der Waals surface area contributed by atoms with E-state index in [4.69, 9.17) is 4.74 Å². The van der Waals surface area contributed by atoms with Crippen molar-refractivity contribution in [2.45, 2.75) is 88.8 Å². The summed E-state index contributed by atoms with van der Waals surface area (Å²) < 4.78 is 77.0. The van der Waals surface area contributed by atoms with Gasteiger partial charge >= 0.3 is 11.9 Å². The van der Waals surface area contributed by atoms with Crippen molar-refractivity contribution in [1.29, 1.82) is 0 Å². The van der Waals surface area contributed by atoms with Gasteiger partial charge < -0.3 is 9.64 Å². The van der Waals surface area contributed by atoms with Crippen LogP contribution in [0.4, 0.5) is 27.8 Å². The fraction of sp³-hybridized carbons (Fsp3) is 0.655. The molecule has 0 amide bonds. The van der Waals surface area contributed by atoms with Gasteiger partial charge in [-0.15, -0.1) is 5.10 Å². The highest BCUT2D eigenvalue weighted by atomic mass is 19.4. The average molecular weight is 610 g/mol. The van der Waals surface area contributed by atoms with Crippen LogP contribution in [-0.2, 0) is 24.5 Å². The molecule has 3 aliphatic rings. The van der Waals surface area contributed by atoms with E-state index in [1.54, 1.807) is 11.7 Å². The molecule has 0 radical (unpaired) electrons. The molecule has 0 spiro atoms. The normalized spacial score (nSPS) is 25.8. The third kappa shape index (κ3) is 5.63. The van der Waals surface area contributed by atoms with Crippen LogP contribution in [0.3, 0.4) is 0 Å². The Balaban J connectivity index is 1.32. The fourth-order valence-corrected chi connectivity index (χ4v) is 7.00. The van der Waals surface area contributed by atoms with Crippen molar-refractivity contribution in [3.63, 3.8) is 0 Å². The molecule has 0 bridgehead atoms. The first-order valence-corrected chi connectivity index (χ1v) is 14.9. The summed E-state index contributed by atoms with van der Waals surface area (Å²) in [4.78, 5) is 21.6. The number of piperazine rings is 1. The number of rotatable bonds is 7. The minimum atomic E-state index is -4.49. The average Bonchev–Trinajstić information content (AvgIpc) is 3.61. The Morgan fingerprint density at radius 1 is 1.14 bits per heavy atom. The highest BCUT2D eigenvalue weighted by molar-refractivity contribution is 5.83. The lowest BCUT2D eigenvalue weighted by molar-refractivity contribution is -0.138. The van der Waals surface area contributed by atoms with E-state index in [2.05, 4.69) is 20.2 Å². The third-order valence-electron chi connectivity index (χ3n) is 9.26. The van der Waals surface area contributed by atoms with Gasteiger partial charge in [-0.25, -0.2) is 18.3 Å². The van der Waals surface area contributed by atoms with Crippen molar-refractivity contribution in [2.24, 2.45) is 13.0 Å². The Morgan fingerprint density at radius 2 is 1.86 bits per heavy atom. The van der Waals surface area contributed by atoms with Gasteiger partial charge in [-0.05, 0) is 49.8 Å². The highest BCUT2D eigenvalue weighted by Crippen LogP contribution is 2.51. The molecule has 234 valence electrons. The van der Waals surface area contributed by atoms with Gasteiger partial charge in [0.15, 0.2) is 17.0 Å². The summed E-state index contributed by atoms with van der Waals surface area (Å²) in [5.41, 5.74) is 0.423.